The summed E-state index contributed by atoms with van der Waals surface area (Å²) in [5.74, 6) is 6.98. The molecule has 1 aliphatic heterocycles. The molecule has 0 amide bonds. The first kappa shape index (κ1) is 26.9. The van der Waals surface area contributed by atoms with Gasteiger partial charge in [-0.1, -0.05) is 31.0 Å². The second-order valence-corrected chi connectivity index (χ2v) is 10.9. The van der Waals surface area contributed by atoms with Gasteiger partial charge in [-0.15, -0.1) is 5.92 Å². The lowest BCUT2D eigenvalue weighted by atomic mass is 9.90. The van der Waals surface area contributed by atoms with E-state index in [-0.39, 0.29) is 29.0 Å². The molecule has 1 aliphatic carbocycles. The van der Waals surface area contributed by atoms with Crippen molar-refractivity contribution in [1.29, 1.82) is 0 Å². The first-order valence-electron chi connectivity index (χ1n) is 13.4. The Hall–Kier alpha value is -3.69. The molecule has 2 heterocycles. The molecule has 5 nitrogen and oxygen atoms in total. The van der Waals surface area contributed by atoms with Crippen LogP contribution in [-0.2, 0) is 16.0 Å². The van der Waals surface area contributed by atoms with Crippen molar-refractivity contribution in [1.82, 2.24) is 4.98 Å². The van der Waals surface area contributed by atoms with Crippen molar-refractivity contribution in [2.75, 3.05) is 19.8 Å². The Morgan fingerprint density at radius 2 is 1.90 bits per heavy atom. The van der Waals surface area contributed by atoms with Crippen molar-refractivity contribution in [2.24, 2.45) is 5.41 Å². The van der Waals surface area contributed by atoms with E-state index in [9.17, 15) is 4.79 Å². The summed E-state index contributed by atoms with van der Waals surface area (Å²) >= 11 is 0. The van der Waals surface area contributed by atoms with Gasteiger partial charge in [-0.2, -0.15) is 0 Å². The molecule has 0 spiro atoms. The van der Waals surface area contributed by atoms with E-state index >= 15 is 4.39 Å². The molecule has 0 saturated carbocycles. The van der Waals surface area contributed by atoms with Gasteiger partial charge in [-0.05, 0) is 74.6 Å². The molecule has 0 radical (unpaired) electrons. The van der Waals surface area contributed by atoms with E-state index in [2.05, 4.69) is 23.7 Å². The van der Waals surface area contributed by atoms with Crippen LogP contribution in [-0.4, -0.2) is 30.6 Å². The normalized spacial score (nSPS) is 17.8. The molecule has 1 fully saturated rings. The molecule has 2 aliphatic rings. The number of carbonyl (C=O) groups is 1. The Morgan fingerprint density at radius 3 is 2.54 bits per heavy atom. The number of hydrogen-bond donors (Lipinski definition) is 0. The topological polar surface area (TPSA) is 57.7 Å². The van der Waals surface area contributed by atoms with Gasteiger partial charge in [0, 0.05) is 34.7 Å². The number of fused-ring (bicyclic) bond motifs is 1. The van der Waals surface area contributed by atoms with Crippen molar-refractivity contribution >= 4 is 5.78 Å². The van der Waals surface area contributed by atoms with Crippen LogP contribution in [0.3, 0.4) is 0 Å². The SMILES string of the molecule is CC#C[C@@H](CC(C)=O)c1ccc(O[C@@H]2CCc3c(-c4ccc(OCC5(C)COC5)nc4C)ccc(F)c32)cc1. The van der Waals surface area contributed by atoms with Crippen molar-refractivity contribution in [3.63, 3.8) is 0 Å². The largest absolute Gasteiger partial charge is 0.486 e. The number of hydrogen-bond acceptors (Lipinski definition) is 5. The smallest absolute Gasteiger partial charge is 0.213 e. The van der Waals surface area contributed by atoms with Gasteiger partial charge in [-0.3, -0.25) is 4.79 Å². The Morgan fingerprint density at radius 1 is 1.15 bits per heavy atom. The van der Waals surface area contributed by atoms with Gasteiger partial charge >= 0.3 is 0 Å². The van der Waals surface area contributed by atoms with E-state index in [4.69, 9.17) is 14.2 Å². The highest BCUT2D eigenvalue weighted by molar-refractivity contribution is 5.77. The second kappa shape index (κ2) is 11.2. The minimum atomic E-state index is -0.379. The molecule has 3 aromatic rings. The molecule has 0 N–H and O–H groups in total. The van der Waals surface area contributed by atoms with E-state index in [1.807, 2.05) is 49.4 Å². The monoisotopic (exact) mass is 527 g/mol. The number of aromatic nitrogens is 1. The summed E-state index contributed by atoms with van der Waals surface area (Å²) in [6.45, 7) is 9.41. The lowest BCUT2D eigenvalue weighted by Crippen LogP contribution is -2.44. The summed E-state index contributed by atoms with van der Waals surface area (Å²) in [5, 5.41) is 0. The molecular weight excluding hydrogens is 493 g/mol. The Kier molecular flexibility index (Phi) is 7.72. The third-order valence-corrected chi connectivity index (χ3v) is 7.47. The maximum absolute atomic E-state index is 15.2. The minimum absolute atomic E-state index is 0.0429. The predicted octanol–water partition coefficient (Wildman–Crippen LogP) is 6.76. The Balaban J connectivity index is 1.34. The third kappa shape index (κ3) is 5.84. The van der Waals surface area contributed by atoms with E-state index in [1.165, 1.54) is 6.07 Å². The standard InChI is InChI=1S/C33H34FNO4/c1-5-6-24(17-21(2)36)23-7-9-25(10-8-23)39-30-15-12-28-27(11-14-29(34)32(28)30)26-13-16-31(35-22(26)3)38-20-33(4)18-37-19-33/h7-11,13-14,16,24,30H,12,15,17-20H2,1-4H3/t24-,30+/m0/s1. The van der Waals surface area contributed by atoms with Gasteiger partial charge in [0.15, 0.2) is 0 Å². The van der Waals surface area contributed by atoms with Crippen LogP contribution in [0.1, 0.15) is 68.0 Å². The average molecular weight is 528 g/mol. The Labute approximate surface area is 229 Å². The average Bonchev–Trinajstić information content (AvgIpc) is 3.31. The summed E-state index contributed by atoms with van der Waals surface area (Å²) in [5.41, 5.74) is 5.38. The molecule has 0 bridgehead atoms. The number of halogens is 1. The van der Waals surface area contributed by atoms with E-state index in [0.29, 0.717) is 56.3 Å². The van der Waals surface area contributed by atoms with Gasteiger partial charge in [-0.25, -0.2) is 9.37 Å². The van der Waals surface area contributed by atoms with Gasteiger partial charge in [0.05, 0.1) is 25.7 Å². The molecule has 6 heteroatoms. The molecule has 1 aromatic heterocycles. The number of Topliss-reactive ketones (excluding diaryl/α,β-unsaturated/α-hetero) is 1. The fourth-order valence-electron chi connectivity index (χ4n) is 5.39. The van der Waals surface area contributed by atoms with Crippen molar-refractivity contribution in [2.45, 2.75) is 59.0 Å². The number of ketones is 1. The van der Waals surface area contributed by atoms with Crippen molar-refractivity contribution < 1.29 is 23.4 Å². The molecule has 39 heavy (non-hydrogen) atoms. The molecule has 2 atom stereocenters. The first-order valence-corrected chi connectivity index (χ1v) is 13.4. The summed E-state index contributed by atoms with van der Waals surface area (Å²) in [6.07, 6.45) is 1.40. The van der Waals surface area contributed by atoms with Crippen LogP contribution >= 0.6 is 0 Å². The first-order chi connectivity index (χ1) is 18.8. The van der Waals surface area contributed by atoms with E-state index < -0.39 is 0 Å². The van der Waals surface area contributed by atoms with Gasteiger partial charge in [0.1, 0.15) is 23.5 Å². The summed E-state index contributed by atoms with van der Waals surface area (Å²) < 4.78 is 32.7. The lowest BCUT2D eigenvalue weighted by molar-refractivity contribution is -0.120. The second-order valence-electron chi connectivity index (χ2n) is 10.9. The maximum Gasteiger partial charge on any atom is 0.213 e. The van der Waals surface area contributed by atoms with Gasteiger partial charge in [0.2, 0.25) is 5.88 Å². The minimum Gasteiger partial charge on any atom is -0.486 e. The molecule has 2 aromatic carbocycles. The van der Waals surface area contributed by atoms with E-state index in [1.54, 1.807) is 13.8 Å². The molecule has 0 unspecified atom stereocenters. The highest BCUT2D eigenvalue weighted by Gasteiger charge is 2.34. The molecule has 1 saturated heterocycles. The highest BCUT2D eigenvalue weighted by Crippen LogP contribution is 2.42. The zero-order valence-corrected chi connectivity index (χ0v) is 23.0. The van der Waals surface area contributed by atoms with Crippen molar-refractivity contribution in [3.05, 3.63) is 76.7 Å². The number of rotatable bonds is 9. The number of benzene rings is 2. The number of nitrogens with zero attached hydrogens (tertiary/aromatic N) is 1. The van der Waals surface area contributed by atoms with Crippen LogP contribution in [0.4, 0.5) is 4.39 Å². The van der Waals surface area contributed by atoms with Crippen LogP contribution < -0.4 is 9.47 Å². The fraction of sp³-hybridized carbons (Fsp3) is 0.394. The lowest BCUT2D eigenvalue weighted by Gasteiger charge is -2.37. The van der Waals surface area contributed by atoms with E-state index in [0.717, 1.165) is 27.9 Å². The van der Waals surface area contributed by atoms with Crippen LogP contribution in [0.25, 0.3) is 11.1 Å². The van der Waals surface area contributed by atoms with Crippen LogP contribution in [0.15, 0.2) is 48.5 Å². The maximum atomic E-state index is 15.2. The predicted molar refractivity (Wildman–Crippen MR) is 148 cm³/mol. The zero-order chi connectivity index (χ0) is 27.6. The Bertz CT molecular complexity index is 1430. The van der Waals surface area contributed by atoms with Crippen LogP contribution in [0.5, 0.6) is 11.6 Å². The van der Waals surface area contributed by atoms with Gasteiger partial charge in [0.25, 0.3) is 0 Å². The number of aryl methyl sites for hydroxylation is 1. The highest BCUT2D eigenvalue weighted by atomic mass is 19.1. The summed E-state index contributed by atoms with van der Waals surface area (Å²) in [4.78, 5) is 16.3. The zero-order valence-electron chi connectivity index (χ0n) is 23.0. The quantitative estimate of drug-likeness (QED) is 0.288. The molecular formula is C33H34FNO4. The molecule has 202 valence electrons. The molecule has 5 rings (SSSR count). The van der Waals surface area contributed by atoms with Crippen LogP contribution in [0.2, 0.25) is 0 Å². The summed E-state index contributed by atoms with van der Waals surface area (Å²) in [7, 11) is 0. The van der Waals surface area contributed by atoms with Gasteiger partial charge < -0.3 is 14.2 Å². The number of pyridine rings is 1. The van der Waals surface area contributed by atoms with Crippen molar-refractivity contribution in [3.8, 4) is 34.6 Å². The van der Waals surface area contributed by atoms with Crippen LogP contribution in [0, 0.1) is 30.0 Å². The third-order valence-electron chi connectivity index (χ3n) is 7.47. The number of carbonyl (C=O) groups excluding carboxylic acids is 1. The fourth-order valence-corrected chi connectivity index (χ4v) is 5.39. The summed E-state index contributed by atoms with van der Waals surface area (Å²) in [6, 6.07) is 14.9. The number of ether oxygens (including phenoxy) is 3.